The van der Waals surface area contributed by atoms with Gasteiger partial charge in [-0.2, -0.15) is 0 Å². The second kappa shape index (κ2) is 5.54. The number of hydrogen-bond donors (Lipinski definition) is 0. The SMILES string of the molecule is [2H]C1([2H])OC([2H])([2H])C([2H])([2H])N(C2=Nc3ccccc3Sc3ccccc32)C1([2H])[2H]. The van der Waals surface area contributed by atoms with Crippen molar-refractivity contribution in [3.8, 4) is 0 Å². The van der Waals surface area contributed by atoms with Crippen LogP contribution in [-0.4, -0.2) is 36.8 Å². The first-order valence-corrected chi connectivity index (χ1v) is 7.16. The van der Waals surface area contributed by atoms with Gasteiger partial charge in [-0.3, -0.25) is 0 Å². The highest BCUT2D eigenvalue weighted by Crippen LogP contribution is 2.40. The summed E-state index contributed by atoms with van der Waals surface area (Å²) in [4.78, 5) is 6.34. The Hall–Kier alpha value is -1.78. The predicted octanol–water partition coefficient (Wildman–Crippen LogP) is 3.56. The minimum absolute atomic E-state index is 0.205. The van der Waals surface area contributed by atoms with Crippen molar-refractivity contribution in [3.05, 3.63) is 54.1 Å². The minimum Gasteiger partial charge on any atom is -0.378 e. The number of fused-ring (bicyclic) bond motifs is 2. The molecule has 0 bridgehead atoms. The third-order valence-electron chi connectivity index (χ3n) is 3.07. The molecule has 3 nitrogen and oxygen atoms in total. The van der Waals surface area contributed by atoms with E-state index in [-0.39, 0.29) is 5.84 Å². The van der Waals surface area contributed by atoms with Crippen molar-refractivity contribution in [2.45, 2.75) is 9.79 Å². The highest BCUT2D eigenvalue weighted by Gasteiger charge is 2.22. The quantitative estimate of drug-likeness (QED) is 0.744. The largest absolute Gasteiger partial charge is 0.378 e. The maximum atomic E-state index is 8.35. The summed E-state index contributed by atoms with van der Waals surface area (Å²) >= 11 is 1.37. The van der Waals surface area contributed by atoms with Crippen LogP contribution in [0.25, 0.3) is 0 Å². The molecule has 1 saturated heterocycles. The summed E-state index contributed by atoms with van der Waals surface area (Å²) in [6.07, 6.45) is 0. The second-order valence-electron chi connectivity index (χ2n) is 4.37. The summed E-state index contributed by atoms with van der Waals surface area (Å²) in [6.45, 7) is -12.4. The van der Waals surface area contributed by atoms with Gasteiger partial charge in [-0.25, -0.2) is 4.99 Å². The number of hydrogen-bond acceptors (Lipinski definition) is 4. The molecule has 0 atom stereocenters. The van der Waals surface area contributed by atoms with Gasteiger partial charge in [0.2, 0.25) is 0 Å². The molecule has 2 heterocycles. The lowest BCUT2D eigenvalue weighted by Gasteiger charge is -2.30. The fraction of sp³-hybridized carbons (Fsp3) is 0.235. The molecular weight excluding hydrogens is 280 g/mol. The lowest BCUT2D eigenvalue weighted by atomic mass is 10.1. The van der Waals surface area contributed by atoms with Gasteiger partial charge in [0.05, 0.1) is 29.8 Å². The molecular formula is C17H16N2OS. The molecule has 2 aromatic carbocycles. The van der Waals surface area contributed by atoms with Crippen LogP contribution in [0.15, 0.2) is 63.3 Å². The summed E-state index contributed by atoms with van der Waals surface area (Å²) in [5.74, 6) is -0.205. The van der Waals surface area contributed by atoms with Crippen LogP contribution in [0, 0.1) is 0 Å². The van der Waals surface area contributed by atoms with E-state index < -0.39 is 26.1 Å². The van der Waals surface area contributed by atoms with Crippen molar-refractivity contribution in [2.24, 2.45) is 4.99 Å². The molecule has 2 aliphatic heterocycles. The van der Waals surface area contributed by atoms with Crippen LogP contribution < -0.4 is 0 Å². The molecule has 0 saturated carbocycles. The van der Waals surface area contributed by atoms with Crippen molar-refractivity contribution >= 4 is 23.3 Å². The number of amidine groups is 1. The summed E-state index contributed by atoms with van der Waals surface area (Å²) in [6, 6.07) is 13.9. The van der Waals surface area contributed by atoms with Crippen molar-refractivity contribution < 1.29 is 15.7 Å². The van der Waals surface area contributed by atoms with Crippen LogP contribution in [0.2, 0.25) is 0 Å². The second-order valence-corrected chi connectivity index (χ2v) is 5.45. The van der Waals surface area contributed by atoms with Gasteiger partial charge in [0.15, 0.2) is 0 Å². The number of nitrogens with zero attached hydrogens (tertiary/aromatic N) is 2. The number of benzene rings is 2. The molecule has 106 valence electrons. The fourth-order valence-corrected chi connectivity index (χ4v) is 3.15. The van der Waals surface area contributed by atoms with Crippen molar-refractivity contribution in [1.29, 1.82) is 0 Å². The summed E-state index contributed by atoms with van der Waals surface area (Å²) < 4.78 is 69.8. The van der Waals surface area contributed by atoms with Crippen LogP contribution in [0.5, 0.6) is 0 Å². The summed E-state index contributed by atoms with van der Waals surface area (Å²) in [5.41, 5.74) is 0.817. The normalized spacial score (nSPS) is 32.8. The van der Waals surface area contributed by atoms with Crippen LogP contribution in [0.1, 0.15) is 16.5 Å². The third kappa shape index (κ3) is 2.45. The van der Waals surface area contributed by atoms with Gasteiger partial charge in [0.1, 0.15) is 5.84 Å². The van der Waals surface area contributed by atoms with E-state index in [0.717, 1.165) is 4.90 Å². The highest BCUT2D eigenvalue weighted by atomic mass is 32.2. The Morgan fingerprint density at radius 2 is 1.71 bits per heavy atom. The molecule has 0 spiro atoms. The zero-order valence-electron chi connectivity index (χ0n) is 18.8. The first-order valence-electron chi connectivity index (χ1n) is 10.3. The monoisotopic (exact) mass is 304 g/mol. The van der Waals surface area contributed by atoms with Crippen LogP contribution >= 0.6 is 11.8 Å². The molecule has 0 N–H and O–H groups in total. The number of para-hydroxylation sites is 1. The van der Waals surface area contributed by atoms with E-state index in [1.165, 1.54) is 11.8 Å². The molecule has 0 unspecified atom stereocenters. The molecule has 0 aromatic heterocycles. The van der Waals surface area contributed by atoms with Crippen molar-refractivity contribution in [3.63, 3.8) is 0 Å². The average Bonchev–Trinajstić information content (AvgIpc) is 2.76. The molecule has 2 aromatic rings. The smallest absolute Gasteiger partial charge is 0.137 e. The van der Waals surface area contributed by atoms with Gasteiger partial charge < -0.3 is 9.64 Å². The van der Waals surface area contributed by atoms with Gasteiger partial charge >= 0.3 is 0 Å². The first kappa shape index (κ1) is 6.99. The standard InChI is InChI=1S/C17H16N2OS/c1-3-7-15-13(5-1)17(19-9-11-20-12-10-19)18-14-6-2-4-8-16(14)21-15/h1-8H,9-12H2/i9D2,10D2,11D2,12D2. The molecule has 1 fully saturated rings. The molecule has 4 rings (SSSR count). The maximum Gasteiger partial charge on any atom is 0.137 e. The Kier molecular flexibility index (Phi) is 1.84. The van der Waals surface area contributed by atoms with Gasteiger partial charge in [-0.15, -0.1) is 0 Å². The number of aliphatic imine (C=N–C) groups is 1. The van der Waals surface area contributed by atoms with Gasteiger partial charge in [0, 0.05) is 28.3 Å². The average molecular weight is 304 g/mol. The topological polar surface area (TPSA) is 24.8 Å². The van der Waals surface area contributed by atoms with Crippen LogP contribution in [0.4, 0.5) is 5.69 Å². The predicted molar refractivity (Wildman–Crippen MR) is 85.6 cm³/mol. The molecule has 0 amide bonds. The summed E-state index contributed by atoms with van der Waals surface area (Å²) in [5, 5.41) is 0. The van der Waals surface area contributed by atoms with E-state index in [4.69, 9.17) is 11.0 Å². The van der Waals surface area contributed by atoms with Gasteiger partial charge in [-0.1, -0.05) is 42.1 Å². The third-order valence-corrected chi connectivity index (χ3v) is 4.21. The zero-order chi connectivity index (χ0) is 21.2. The molecule has 21 heavy (non-hydrogen) atoms. The lowest BCUT2D eigenvalue weighted by Crippen LogP contribution is -2.41. The Morgan fingerprint density at radius 1 is 1.00 bits per heavy atom. The van der Waals surface area contributed by atoms with E-state index in [1.54, 1.807) is 36.4 Å². The number of ether oxygens (including phenoxy) is 1. The Bertz CT molecular complexity index is 984. The van der Waals surface area contributed by atoms with E-state index in [2.05, 4.69) is 9.73 Å². The van der Waals surface area contributed by atoms with E-state index in [9.17, 15) is 0 Å². The van der Waals surface area contributed by atoms with Gasteiger partial charge in [-0.05, 0) is 18.2 Å². The molecule has 0 radical (unpaired) electrons. The van der Waals surface area contributed by atoms with Crippen molar-refractivity contribution in [1.82, 2.24) is 4.90 Å². The van der Waals surface area contributed by atoms with Crippen molar-refractivity contribution in [2.75, 3.05) is 26.1 Å². The minimum atomic E-state index is -3.14. The first-order chi connectivity index (χ1) is 13.4. The van der Waals surface area contributed by atoms with E-state index >= 15 is 0 Å². The van der Waals surface area contributed by atoms with E-state index in [1.807, 2.05) is 12.1 Å². The maximum absolute atomic E-state index is 8.35. The van der Waals surface area contributed by atoms with E-state index in [0.29, 0.717) is 21.0 Å². The Morgan fingerprint density at radius 3 is 2.57 bits per heavy atom. The summed E-state index contributed by atoms with van der Waals surface area (Å²) in [7, 11) is 0. The molecule has 0 aliphatic carbocycles. The highest BCUT2D eigenvalue weighted by molar-refractivity contribution is 7.99. The van der Waals surface area contributed by atoms with Gasteiger partial charge in [0.25, 0.3) is 0 Å². The molecule has 2 aliphatic rings. The number of morpholine rings is 1. The van der Waals surface area contributed by atoms with Crippen LogP contribution in [0.3, 0.4) is 0 Å². The fourth-order valence-electron chi connectivity index (χ4n) is 2.14. The molecule has 4 heteroatoms. The Labute approximate surface area is 139 Å². The zero-order valence-corrected chi connectivity index (χ0v) is 11.6. The Balaban J connectivity index is 2.03. The number of rotatable bonds is 0. The lowest BCUT2D eigenvalue weighted by molar-refractivity contribution is 0.0682. The van der Waals surface area contributed by atoms with Crippen LogP contribution in [-0.2, 0) is 4.74 Å².